The average Bonchev–Trinajstić information content (AvgIpc) is 3.71. The third-order valence-electron chi connectivity index (χ3n) is 8.15. The van der Waals surface area contributed by atoms with E-state index in [0.29, 0.717) is 19.5 Å². The van der Waals surface area contributed by atoms with Gasteiger partial charge in [-0.3, -0.25) is 14.3 Å². The van der Waals surface area contributed by atoms with Crippen molar-refractivity contribution >= 4 is 17.9 Å². The van der Waals surface area contributed by atoms with Gasteiger partial charge in [0.15, 0.2) is 0 Å². The van der Waals surface area contributed by atoms with Gasteiger partial charge in [-0.25, -0.2) is 4.68 Å². The van der Waals surface area contributed by atoms with Crippen LogP contribution in [0.1, 0.15) is 33.6 Å². The van der Waals surface area contributed by atoms with Crippen LogP contribution in [-0.4, -0.2) is 53.8 Å². The Morgan fingerprint density at radius 2 is 1.68 bits per heavy atom. The van der Waals surface area contributed by atoms with Gasteiger partial charge in [0.05, 0.1) is 17.1 Å². The van der Waals surface area contributed by atoms with E-state index < -0.39 is 6.04 Å². The normalized spacial score (nSPS) is 13.5. The van der Waals surface area contributed by atoms with Gasteiger partial charge in [0.2, 0.25) is 11.8 Å². The zero-order valence-corrected chi connectivity index (χ0v) is 25.1. The van der Waals surface area contributed by atoms with Crippen molar-refractivity contribution in [3.8, 4) is 5.69 Å². The first kappa shape index (κ1) is 28.9. The van der Waals surface area contributed by atoms with Crippen LogP contribution in [0.4, 0.5) is 0 Å². The van der Waals surface area contributed by atoms with E-state index >= 15 is 0 Å². The molecule has 0 unspecified atom stereocenters. The van der Waals surface area contributed by atoms with Crippen molar-refractivity contribution in [2.75, 3.05) is 6.54 Å². The summed E-state index contributed by atoms with van der Waals surface area (Å²) in [6.07, 6.45) is 8.17. The Hall–Kier alpha value is -5.24. The summed E-state index contributed by atoms with van der Waals surface area (Å²) in [5.74, 6) is -0.277. The van der Waals surface area contributed by atoms with Crippen LogP contribution in [0.2, 0.25) is 0 Å². The van der Waals surface area contributed by atoms with Crippen molar-refractivity contribution in [3.63, 3.8) is 0 Å². The minimum Gasteiger partial charge on any atom is -0.336 e. The maximum absolute atomic E-state index is 14.5. The highest BCUT2D eigenvalue weighted by Crippen LogP contribution is 2.23. The number of carbonyl (C=O) groups is 2. The molecule has 0 saturated heterocycles. The lowest BCUT2D eigenvalue weighted by Crippen LogP contribution is -2.52. The molecular weight excluding hydrogens is 548 g/mol. The van der Waals surface area contributed by atoms with E-state index in [1.807, 2.05) is 104 Å². The van der Waals surface area contributed by atoms with E-state index in [1.54, 1.807) is 32.6 Å². The van der Waals surface area contributed by atoms with Crippen LogP contribution in [0.5, 0.6) is 0 Å². The van der Waals surface area contributed by atoms with Crippen molar-refractivity contribution < 1.29 is 9.59 Å². The number of carbonyl (C=O) groups excluding carboxylic acids is 2. The van der Waals surface area contributed by atoms with Crippen molar-refractivity contribution in [2.24, 2.45) is 7.05 Å². The Balaban J connectivity index is 1.35. The second kappa shape index (κ2) is 13.0. The number of hydrogen-bond acceptors (Lipinski definition) is 4. The van der Waals surface area contributed by atoms with Gasteiger partial charge in [-0.2, -0.15) is 10.2 Å². The molecule has 0 bridgehead atoms. The Morgan fingerprint density at radius 3 is 2.39 bits per heavy atom. The fourth-order valence-electron chi connectivity index (χ4n) is 5.82. The molecule has 0 radical (unpaired) electrons. The van der Waals surface area contributed by atoms with Gasteiger partial charge in [-0.1, -0.05) is 66.7 Å². The quantitative estimate of drug-likeness (QED) is 0.225. The summed E-state index contributed by atoms with van der Waals surface area (Å²) in [6.45, 7) is 3.35. The van der Waals surface area contributed by atoms with Gasteiger partial charge in [0.1, 0.15) is 6.04 Å². The predicted molar refractivity (Wildman–Crippen MR) is 171 cm³/mol. The van der Waals surface area contributed by atoms with E-state index in [9.17, 15) is 9.59 Å². The first-order valence-corrected chi connectivity index (χ1v) is 14.9. The SMILES string of the molecule is Cc1cc(/C=C/C(=O)N(Cc2ccc(-n3cccn3)cc2)[C@@H](Cc2ccccc2)C(=O)N2CCc3ccccc3C2)n(C)n1. The smallest absolute Gasteiger partial charge is 0.247 e. The number of nitrogens with zero attached hydrogens (tertiary/aromatic N) is 6. The molecule has 2 amide bonds. The predicted octanol–water partition coefficient (Wildman–Crippen LogP) is 5.15. The van der Waals surface area contributed by atoms with Crippen LogP contribution in [0, 0.1) is 6.92 Å². The largest absolute Gasteiger partial charge is 0.336 e. The summed E-state index contributed by atoms with van der Waals surface area (Å²) in [7, 11) is 1.85. The highest BCUT2D eigenvalue weighted by Gasteiger charge is 2.34. The molecular formula is C36H36N6O2. The molecule has 44 heavy (non-hydrogen) atoms. The second-order valence-electron chi connectivity index (χ2n) is 11.2. The maximum atomic E-state index is 14.5. The molecule has 1 atom stereocenters. The number of rotatable bonds is 9. The minimum atomic E-state index is -0.695. The van der Waals surface area contributed by atoms with E-state index in [0.717, 1.165) is 40.2 Å². The lowest BCUT2D eigenvalue weighted by atomic mass is 9.97. The number of aryl methyl sites for hydroxylation is 2. The lowest BCUT2D eigenvalue weighted by Gasteiger charge is -2.37. The van der Waals surface area contributed by atoms with Crippen LogP contribution in [0.3, 0.4) is 0 Å². The summed E-state index contributed by atoms with van der Waals surface area (Å²) in [5.41, 5.74) is 6.97. The number of hydrogen-bond donors (Lipinski definition) is 0. The molecule has 222 valence electrons. The summed E-state index contributed by atoms with van der Waals surface area (Å²) >= 11 is 0. The molecule has 6 rings (SSSR count). The number of fused-ring (bicyclic) bond motifs is 1. The molecule has 5 aromatic rings. The number of benzene rings is 3. The Morgan fingerprint density at radius 1 is 0.932 bits per heavy atom. The first-order chi connectivity index (χ1) is 21.4. The summed E-state index contributed by atoms with van der Waals surface area (Å²) in [4.78, 5) is 32.2. The fourth-order valence-corrected chi connectivity index (χ4v) is 5.82. The molecule has 8 heteroatoms. The van der Waals surface area contributed by atoms with Crippen molar-refractivity contribution in [2.45, 2.75) is 38.9 Å². The Labute approximate surface area is 257 Å². The van der Waals surface area contributed by atoms with E-state index in [2.05, 4.69) is 22.3 Å². The molecule has 3 aromatic carbocycles. The highest BCUT2D eigenvalue weighted by atomic mass is 16.2. The average molecular weight is 585 g/mol. The van der Waals surface area contributed by atoms with Crippen molar-refractivity contribution in [1.82, 2.24) is 29.4 Å². The molecule has 0 aliphatic carbocycles. The van der Waals surface area contributed by atoms with Gasteiger partial charge in [-0.05, 0) is 65.9 Å². The molecule has 0 fully saturated rings. The highest BCUT2D eigenvalue weighted by molar-refractivity contribution is 5.95. The summed E-state index contributed by atoms with van der Waals surface area (Å²) < 4.78 is 3.54. The molecule has 0 N–H and O–H groups in total. The monoisotopic (exact) mass is 584 g/mol. The Bertz CT molecular complexity index is 1760. The van der Waals surface area contributed by atoms with Gasteiger partial charge in [0, 0.05) is 51.6 Å². The standard InChI is InChI=1S/C36H36N6O2/c1-27-23-33(39(2)38-27)17-18-35(43)41(25-29-13-15-32(16-14-29)42-21-8-20-37-42)34(24-28-9-4-3-5-10-28)36(44)40-22-19-30-11-6-7-12-31(30)26-40/h3-18,20-21,23,34H,19,22,24-26H2,1-2H3/b18-17+/t34-/m0/s1. The molecule has 3 heterocycles. The Kier molecular flexibility index (Phi) is 8.50. The maximum Gasteiger partial charge on any atom is 0.247 e. The van der Waals surface area contributed by atoms with E-state index in [-0.39, 0.29) is 18.4 Å². The number of aromatic nitrogens is 4. The summed E-state index contributed by atoms with van der Waals surface area (Å²) in [5, 5.41) is 8.72. The first-order valence-electron chi connectivity index (χ1n) is 14.9. The van der Waals surface area contributed by atoms with Gasteiger partial charge >= 0.3 is 0 Å². The van der Waals surface area contributed by atoms with Gasteiger partial charge < -0.3 is 9.80 Å². The summed E-state index contributed by atoms with van der Waals surface area (Å²) in [6, 6.07) is 29.3. The van der Waals surface area contributed by atoms with Crippen LogP contribution < -0.4 is 0 Å². The molecule has 1 aliphatic heterocycles. The number of amides is 2. The zero-order chi connectivity index (χ0) is 30.5. The third-order valence-corrected chi connectivity index (χ3v) is 8.15. The van der Waals surface area contributed by atoms with Gasteiger partial charge in [0.25, 0.3) is 0 Å². The van der Waals surface area contributed by atoms with Crippen LogP contribution in [0.15, 0.2) is 109 Å². The van der Waals surface area contributed by atoms with Crippen LogP contribution in [-0.2, 0) is 42.6 Å². The molecule has 8 nitrogen and oxygen atoms in total. The van der Waals surface area contributed by atoms with E-state index in [1.165, 1.54) is 5.56 Å². The second-order valence-corrected chi connectivity index (χ2v) is 11.2. The third kappa shape index (κ3) is 6.54. The topological polar surface area (TPSA) is 76.3 Å². The molecule has 2 aromatic heterocycles. The molecule has 0 spiro atoms. The lowest BCUT2D eigenvalue weighted by molar-refractivity contribution is -0.144. The van der Waals surface area contributed by atoms with Crippen molar-refractivity contribution in [3.05, 3.63) is 143 Å². The van der Waals surface area contributed by atoms with Gasteiger partial charge in [-0.15, -0.1) is 0 Å². The molecule has 0 saturated carbocycles. The fraction of sp³-hybridized carbons (Fsp3) is 0.222. The van der Waals surface area contributed by atoms with Crippen LogP contribution in [0.25, 0.3) is 11.8 Å². The van der Waals surface area contributed by atoms with Crippen molar-refractivity contribution in [1.29, 1.82) is 0 Å². The van der Waals surface area contributed by atoms with E-state index in [4.69, 9.17) is 0 Å². The molecule has 1 aliphatic rings. The van der Waals surface area contributed by atoms with Crippen LogP contribution >= 0.6 is 0 Å². The zero-order valence-electron chi connectivity index (χ0n) is 25.1. The minimum absolute atomic E-state index is 0.0466.